The van der Waals surface area contributed by atoms with Crippen LogP contribution in [-0.2, 0) is 4.74 Å². The quantitative estimate of drug-likeness (QED) is 0.899. The van der Waals surface area contributed by atoms with Crippen LogP contribution in [0.15, 0.2) is 18.2 Å². The van der Waals surface area contributed by atoms with E-state index in [1.165, 1.54) is 6.07 Å². The molecule has 2 aliphatic rings. The smallest absolute Gasteiger partial charge is 0.257 e. The average Bonchev–Trinajstić information content (AvgIpc) is 2.57. The van der Waals surface area contributed by atoms with Gasteiger partial charge in [0.2, 0.25) is 0 Å². The van der Waals surface area contributed by atoms with Crippen molar-refractivity contribution in [1.82, 2.24) is 9.80 Å². The van der Waals surface area contributed by atoms with Gasteiger partial charge < -0.3 is 14.7 Å². The maximum absolute atomic E-state index is 13.3. The van der Waals surface area contributed by atoms with Gasteiger partial charge in [0.1, 0.15) is 11.6 Å². The lowest BCUT2D eigenvalue weighted by atomic mass is 10.1. The van der Waals surface area contributed by atoms with Gasteiger partial charge in [-0.25, -0.2) is 4.39 Å². The third-order valence-electron chi connectivity index (χ3n) is 4.50. The summed E-state index contributed by atoms with van der Waals surface area (Å²) >= 11 is 0. The van der Waals surface area contributed by atoms with Crippen molar-refractivity contribution < 1.29 is 19.0 Å². The van der Waals surface area contributed by atoms with E-state index in [1.54, 1.807) is 4.90 Å². The van der Waals surface area contributed by atoms with Crippen LogP contribution in [0.3, 0.4) is 0 Å². The van der Waals surface area contributed by atoms with E-state index < -0.39 is 5.82 Å². The fourth-order valence-electron chi connectivity index (χ4n) is 3.19. The molecule has 2 heterocycles. The van der Waals surface area contributed by atoms with Crippen molar-refractivity contribution in [3.63, 3.8) is 0 Å². The molecule has 2 fully saturated rings. The normalized spacial score (nSPS) is 21.0. The van der Waals surface area contributed by atoms with Crippen LogP contribution in [0.25, 0.3) is 0 Å². The summed E-state index contributed by atoms with van der Waals surface area (Å²) < 4.78 is 18.7. The first-order chi connectivity index (χ1) is 10.6. The Morgan fingerprint density at radius 1 is 1.18 bits per heavy atom. The van der Waals surface area contributed by atoms with Crippen molar-refractivity contribution in [2.24, 2.45) is 0 Å². The molecule has 1 aromatic rings. The summed E-state index contributed by atoms with van der Waals surface area (Å²) in [4.78, 5) is 16.5. The number of aromatic hydroxyl groups is 1. The fourth-order valence-corrected chi connectivity index (χ4v) is 3.19. The molecular formula is C16H21FN2O3. The number of carbonyl (C=O) groups is 1. The van der Waals surface area contributed by atoms with E-state index in [9.17, 15) is 14.3 Å². The standard InChI is InChI=1S/C16H21FN2O3/c17-12-1-2-15(20)14(11-12)16(21)19-7-5-18(6-8-19)13-3-9-22-10-4-13/h1-2,11,13,20H,3-10H2. The Bertz CT molecular complexity index is 538. The van der Waals surface area contributed by atoms with E-state index in [2.05, 4.69) is 4.90 Å². The Labute approximate surface area is 129 Å². The van der Waals surface area contributed by atoms with Crippen molar-refractivity contribution in [3.05, 3.63) is 29.6 Å². The Morgan fingerprint density at radius 2 is 1.86 bits per heavy atom. The highest BCUT2D eigenvalue weighted by Gasteiger charge is 2.28. The second-order valence-corrected chi connectivity index (χ2v) is 5.83. The molecule has 0 atom stereocenters. The second kappa shape index (κ2) is 6.62. The lowest BCUT2D eigenvalue weighted by molar-refractivity contribution is 0.0137. The molecule has 1 amide bonds. The molecule has 1 N–H and O–H groups in total. The largest absolute Gasteiger partial charge is 0.507 e. The first kappa shape index (κ1) is 15.2. The number of benzene rings is 1. The Kier molecular flexibility index (Phi) is 4.59. The number of phenols is 1. The second-order valence-electron chi connectivity index (χ2n) is 5.83. The molecule has 1 aromatic carbocycles. The van der Waals surface area contributed by atoms with Gasteiger partial charge >= 0.3 is 0 Å². The summed E-state index contributed by atoms with van der Waals surface area (Å²) in [6.45, 7) is 4.44. The molecule has 0 spiro atoms. The summed E-state index contributed by atoms with van der Waals surface area (Å²) in [6.07, 6.45) is 2.08. The molecule has 0 saturated carbocycles. The molecule has 6 heteroatoms. The third kappa shape index (κ3) is 3.23. The zero-order chi connectivity index (χ0) is 15.5. The van der Waals surface area contributed by atoms with Gasteiger partial charge in [0.05, 0.1) is 5.56 Å². The third-order valence-corrected chi connectivity index (χ3v) is 4.50. The summed E-state index contributed by atoms with van der Waals surface area (Å²) in [5, 5.41) is 9.75. The highest BCUT2D eigenvalue weighted by molar-refractivity contribution is 5.96. The molecule has 2 saturated heterocycles. The Hall–Kier alpha value is -1.66. The van der Waals surface area contributed by atoms with E-state index in [4.69, 9.17) is 4.74 Å². The molecule has 0 bridgehead atoms. The van der Waals surface area contributed by atoms with Gasteiger partial charge in [-0.1, -0.05) is 0 Å². The summed E-state index contributed by atoms with van der Waals surface area (Å²) in [5.41, 5.74) is 0.0412. The molecule has 120 valence electrons. The summed E-state index contributed by atoms with van der Waals surface area (Å²) in [7, 11) is 0. The number of rotatable bonds is 2. The lowest BCUT2D eigenvalue weighted by Crippen LogP contribution is -2.53. The summed E-state index contributed by atoms with van der Waals surface area (Å²) in [5.74, 6) is -0.983. The summed E-state index contributed by atoms with van der Waals surface area (Å²) in [6, 6.07) is 4.01. The number of piperazine rings is 1. The molecule has 5 nitrogen and oxygen atoms in total. The molecular weight excluding hydrogens is 287 g/mol. The van der Waals surface area contributed by atoms with Crippen LogP contribution in [0, 0.1) is 5.82 Å². The Morgan fingerprint density at radius 3 is 2.55 bits per heavy atom. The van der Waals surface area contributed by atoms with Crippen molar-refractivity contribution in [3.8, 4) is 5.75 Å². The van der Waals surface area contributed by atoms with Crippen LogP contribution in [0.5, 0.6) is 5.75 Å². The number of hydrogen-bond acceptors (Lipinski definition) is 4. The van der Waals surface area contributed by atoms with Crippen LogP contribution in [0.4, 0.5) is 4.39 Å². The van der Waals surface area contributed by atoms with Crippen molar-refractivity contribution in [2.75, 3.05) is 39.4 Å². The zero-order valence-corrected chi connectivity index (χ0v) is 12.5. The minimum atomic E-state index is -0.512. The van der Waals surface area contributed by atoms with Crippen LogP contribution in [0.2, 0.25) is 0 Å². The first-order valence-electron chi connectivity index (χ1n) is 7.75. The molecule has 0 aromatic heterocycles. The zero-order valence-electron chi connectivity index (χ0n) is 12.5. The monoisotopic (exact) mass is 308 g/mol. The van der Waals surface area contributed by atoms with Crippen molar-refractivity contribution in [2.45, 2.75) is 18.9 Å². The lowest BCUT2D eigenvalue weighted by Gasteiger charge is -2.40. The molecule has 22 heavy (non-hydrogen) atoms. The highest BCUT2D eigenvalue weighted by Crippen LogP contribution is 2.22. The van der Waals surface area contributed by atoms with Crippen LogP contribution in [0.1, 0.15) is 23.2 Å². The number of carbonyl (C=O) groups excluding carboxylic acids is 1. The van der Waals surface area contributed by atoms with E-state index >= 15 is 0 Å². The highest BCUT2D eigenvalue weighted by atomic mass is 19.1. The topological polar surface area (TPSA) is 53.0 Å². The minimum Gasteiger partial charge on any atom is -0.507 e. The van der Waals surface area contributed by atoms with Gasteiger partial charge in [0.25, 0.3) is 5.91 Å². The van der Waals surface area contributed by atoms with Crippen molar-refractivity contribution >= 4 is 5.91 Å². The fraction of sp³-hybridized carbons (Fsp3) is 0.562. The maximum atomic E-state index is 13.3. The number of ether oxygens (including phenoxy) is 1. The number of amides is 1. The van der Waals surface area contributed by atoms with Gasteiger partial charge in [-0.3, -0.25) is 9.69 Å². The molecule has 0 unspecified atom stereocenters. The van der Waals surface area contributed by atoms with E-state index in [1.807, 2.05) is 0 Å². The molecule has 3 rings (SSSR count). The SMILES string of the molecule is O=C(c1cc(F)ccc1O)N1CCN(C2CCOCC2)CC1. The minimum absolute atomic E-state index is 0.0412. The van der Waals surface area contributed by atoms with Gasteiger partial charge in [-0.2, -0.15) is 0 Å². The number of halogens is 1. The van der Waals surface area contributed by atoms with Gasteiger partial charge in [0, 0.05) is 45.4 Å². The number of phenolic OH excluding ortho intramolecular Hbond substituents is 1. The van der Waals surface area contributed by atoms with E-state index in [0.29, 0.717) is 19.1 Å². The van der Waals surface area contributed by atoms with Crippen LogP contribution < -0.4 is 0 Å². The van der Waals surface area contributed by atoms with Crippen LogP contribution in [-0.4, -0.2) is 66.2 Å². The average molecular weight is 308 g/mol. The number of hydrogen-bond donors (Lipinski definition) is 1. The van der Waals surface area contributed by atoms with Gasteiger partial charge in [-0.05, 0) is 31.0 Å². The van der Waals surface area contributed by atoms with E-state index in [0.717, 1.165) is 51.3 Å². The first-order valence-corrected chi connectivity index (χ1v) is 7.75. The van der Waals surface area contributed by atoms with Crippen LogP contribution >= 0.6 is 0 Å². The molecule has 0 radical (unpaired) electrons. The van der Waals surface area contributed by atoms with Gasteiger partial charge in [-0.15, -0.1) is 0 Å². The van der Waals surface area contributed by atoms with E-state index in [-0.39, 0.29) is 17.2 Å². The predicted molar refractivity (Wildman–Crippen MR) is 79.4 cm³/mol. The maximum Gasteiger partial charge on any atom is 0.257 e. The number of nitrogens with zero attached hydrogens (tertiary/aromatic N) is 2. The van der Waals surface area contributed by atoms with Crippen molar-refractivity contribution in [1.29, 1.82) is 0 Å². The molecule has 0 aliphatic carbocycles. The Balaban J connectivity index is 1.61. The van der Waals surface area contributed by atoms with Gasteiger partial charge in [0.15, 0.2) is 0 Å². The predicted octanol–water partition coefficient (Wildman–Crippen LogP) is 1.47. The molecule has 2 aliphatic heterocycles.